The van der Waals surface area contributed by atoms with Gasteiger partial charge in [0.15, 0.2) is 5.60 Å². The second-order valence-corrected chi connectivity index (χ2v) is 13.1. The molecule has 9 heteroatoms. The largest absolute Gasteiger partial charge is 0.491 e. The quantitative estimate of drug-likeness (QED) is 0.407. The summed E-state index contributed by atoms with van der Waals surface area (Å²) < 4.78 is 12.4. The molecule has 1 fully saturated rings. The van der Waals surface area contributed by atoms with E-state index in [0.717, 1.165) is 50.8 Å². The molecule has 238 valence electrons. The number of halogens is 1. The number of carboxylic acids is 1. The van der Waals surface area contributed by atoms with Gasteiger partial charge < -0.3 is 29.5 Å². The van der Waals surface area contributed by atoms with Crippen LogP contribution in [0.2, 0.25) is 5.02 Å². The van der Waals surface area contributed by atoms with E-state index in [-0.39, 0.29) is 17.6 Å². The second kappa shape index (κ2) is 13.9. The normalized spacial score (nSPS) is 28.6. The molecular weight excluding hydrogens is 580 g/mol. The highest BCUT2D eigenvalue weighted by molar-refractivity contribution is 6.30. The van der Waals surface area contributed by atoms with Gasteiger partial charge >= 0.3 is 5.97 Å². The number of hydrogen-bond acceptors (Lipinski definition) is 6. The minimum absolute atomic E-state index is 0.00171. The van der Waals surface area contributed by atoms with Crippen LogP contribution in [0.15, 0.2) is 48.6 Å². The zero-order valence-electron chi connectivity index (χ0n) is 26.0. The third-order valence-corrected chi connectivity index (χ3v) is 9.96. The molecule has 2 N–H and O–H groups in total. The summed E-state index contributed by atoms with van der Waals surface area (Å²) in [5.41, 5.74) is 0.930. The van der Waals surface area contributed by atoms with E-state index in [1.165, 1.54) is 16.0 Å². The van der Waals surface area contributed by atoms with Crippen molar-refractivity contribution in [2.24, 2.45) is 11.8 Å². The van der Waals surface area contributed by atoms with Gasteiger partial charge in [0.25, 0.3) is 0 Å². The van der Waals surface area contributed by atoms with Gasteiger partial charge in [0.05, 0.1) is 24.8 Å². The van der Waals surface area contributed by atoms with E-state index >= 15 is 0 Å². The molecule has 0 spiro atoms. The van der Waals surface area contributed by atoms with Gasteiger partial charge in [-0.1, -0.05) is 49.2 Å². The summed E-state index contributed by atoms with van der Waals surface area (Å²) in [7, 11) is 3.41. The molecule has 2 aliphatic heterocycles. The van der Waals surface area contributed by atoms with Gasteiger partial charge in [-0.3, -0.25) is 4.79 Å². The zero-order chi connectivity index (χ0) is 31.4. The average molecular weight is 625 g/mol. The van der Waals surface area contributed by atoms with Crippen molar-refractivity contribution in [3.8, 4) is 5.75 Å². The summed E-state index contributed by atoms with van der Waals surface area (Å²) >= 11 is 6.40. The highest BCUT2D eigenvalue weighted by Crippen LogP contribution is 2.44. The topological polar surface area (TPSA) is 99.5 Å². The molecule has 44 heavy (non-hydrogen) atoms. The molecule has 1 aliphatic carbocycles. The number of carbonyl (C=O) groups is 2. The van der Waals surface area contributed by atoms with Gasteiger partial charge in [0.1, 0.15) is 5.75 Å². The number of aryl methyl sites for hydroxylation is 1. The predicted octanol–water partition coefficient (Wildman–Crippen LogP) is 5.79. The number of benzene rings is 2. The van der Waals surface area contributed by atoms with Crippen LogP contribution in [0.3, 0.4) is 0 Å². The zero-order valence-corrected chi connectivity index (χ0v) is 26.8. The molecule has 2 heterocycles. The van der Waals surface area contributed by atoms with E-state index in [2.05, 4.69) is 30.0 Å². The average Bonchev–Trinajstić information content (AvgIpc) is 3.17. The number of ether oxygens (including phenoxy) is 2. The number of aliphatic hydroxyl groups is 1. The number of aliphatic carboxylic acids is 1. The number of anilines is 1. The molecule has 2 aromatic carbocycles. The van der Waals surface area contributed by atoms with E-state index in [1.54, 1.807) is 32.4 Å². The van der Waals surface area contributed by atoms with Gasteiger partial charge in [0, 0.05) is 44.7 Å². The lowest BCUT2D eigenvalue weighted by atomic mass is 9.70. The fourth-order valence-corrected chi connectivity index (χ4v) is 7.15. The smallest absolute Gasteiger partial charge is 0.340 e. The van der Waals surface area contributed by atoms with Crippen molar-refractivity contribution in [2.75, 3.05) is 45.3 Å². The molecule has 1 amide bonds. The molecule has 1 saturated carbocycles. The maximum absolute atomic E-state index is 13.2. The fourth-order valence-electron chi connectivity index (χ4n) is 6.96. The molecule has 0 saturated heterocycles. The highest BCUT2D eigenvalue weighted by atomic mass is 35.5. The SMILES string of the molecule is CCCc1cc(Cl)ccc1C1COc2ccc3cc2N(C1)CC1CCC1C(OC)/C=C/CCCN(C)C(=O)C[C@@]3(O)C(=O)O. The lowest BCUT2D eigenvalue weighted by Gasteiger charge is -2.43. The maximum atomic E-state index is 13.2. The molecule has 0 aromatic heterocycles. The van der Waals surface area contributed by atoms with Crippen molar-refractivity contribution in [1.82, 2.24) is 4.90 Å². The molecule has 5 rings (SSSR count). The van der Waals surface area contributed by atoms with E-state index in [1.807, 2.05) is 12.1 Å². The molecule has 2 aromatic rings. The minimum Gasteiger partial charge on any atom is -0.491 e. The Balaban J connectivity index is 1.58. The van der Waals surface area contributed by atoms with Crippen LogP contribution in [0.4, 0.5) is 5.69 Å². The molecule has 8 nitrogen and oxygen atoms in total. The van der Waals surface area contributed by atoms with E-state index < -0.39 is 23.9 Å². The summed E-state index contributed by atoms with van der Waals surface area (Å²) in [5, 5.41) is 22.5. The van der Waals surface area contributed by atoms with Crippen LogP contribution in [0, 0.1) is 11.8 Å². The van der Waals surface area contributed by atoms with Crippen molar-refractivity contribution >= 4 is 29.2 Å². The van der Waals surface area contributed by atoms with Crippen LogP contribution in [0.5, 0.6) is 5.75 Å². The number of amides is 1. The van der Waals surface area contributed by atoms with Gasteiger partial charge in [-0.15, -0.1) is 0 Å². The van der Waals surface area contributed by atoms with Gasteiger partial charge in [-0.05, 0) is 84.9 Å². The molecule has 0 radical (unpaired) electrons. The Hall–Kier alpha value is -3.07. The third-order valence-electron chi connectivity index (χ3n) is 9.72. The van der Waals surface area contributed by atoms with Gasteiger partial charge in [-0.25, -0.2) is 4.79 Å². The van der Waals surface area contributed by atoms with Crippen molar-refractivity contribution in [3.63, 3.8) is 0 Å². The second-order valence-electron chi connectivity index (χ2n) is 12.6. The molecule has 2 bridgehead atoms. The summed E-state index contributed by atoms with van der Waals surface area (Å²) in [6.07, 6.45) is 9.26. The molecule has 5 atom stereocenters. The number of carboxylic acid groups (broad SMARTS) is 1. The van der Waals surface area contributed by atoms with E-state index in [4.69, 9.17) is 21.1 Å². The first-order valence-corrected chi connectivity index (χ1v) is 16.2. The van der Waals surface area contributed by atoms with Crippen LogP contribution in [-0.2, 0) is 26.3 Å². The lowest BCUT2D eigenvalue weighted by Crippen LogP contribution is -2.44. The first-order valence-electron chi connectivity index (χ1n) is 15.8. The number of nitrogens with zero attached hydrogens (tertiary/aromatic N) is 2. The number of carbonyl (C=O) groups excluding carboxylic acids is 1. The van der Waals surface area contributed by atoms with Crippen LogP contribution in [0.25, 0.3) is 0 Å². The number of allylic oxidation sites excluding steroid dienone is 1. The molecular formula is C35H45ClN2O6. The lowest BCUT2D eigenvalue weighted by molar-refractivity contribution is -0.164. The number of hydrogen-bond donors (Lipinski definition) is 2. The molecule has 3 aliphatic rings. The first kappa shape index (κ1) is 32.3. The van der Waals surface area contributed by atoms with Crippen molar-refractivity contribution in [2.45, 2.75) is 69.5 Å². The van der Waals surface area contributed by atoms with Crippen molar-refractivity contribution in [3.05, 3.63) is 70.3 Å². The number of fused-ring (bicyclic) bond motifs is 2. The Morgan fingerprint density at radius 1 is 1.18 bits per heavy atom. The number of rotatable bonds is 5. The third kappa shape index (κ3) is 6.77. The van der Waals surface area contributed by atoms with E-state index in [0.29, 0.717) is 42.3 Å². The maximum Gasteiger partial charge on any atom is 0.340 e. The summed E-state index contributed by atoms with van der Waals surface area (Å²) in [6, 6.07) is 11.1. The molecule has 4 unspecified atom stereocenters. The van der Waals surface area contributed by atoms with Gasteiger partial charge in [-0.2, -0.15) is 0 Å². The number of methoxy groups -OCH3 is 1. The van der Waals surface area contributed by atoms with E-state index in [9.17, 15) is 19.8 Å². The van der Waals surface area contributed by atoms with Crippen LogP contribution in [0.1, 0.15) is 68.1 Å². The summed E-state index contributed by atoms with van der Waals surface area (Å²) in [6.45, 7) is 4.45. The van der Waals surface area contributed by atoms with Gasteiger partial charge in [0.2, 0.25) is 5.91 Å². The fraction of sp³-hybridized carbons (Fsp3) is 0.543. The monoisotopic (exact) mass is 624 g/mol. The first-order chi connectivity index (χ1) is 21.1. The van der Waals surface area contributed by atoms with Crippen LogP contribution in [-0.4, -0.2) is 73.5 Å². The standard InChI is InChI=1S/C35H45ClN2O6/c1-4-8-23-17-27(36)12-14-28(23)25-21-38-20-24-10-13-29(24)31(43-3)9-6-5-7-16-37(2)33(39)19-35(42,34(40)41)26-11-15-32(44-22-25)30(38)18-26/h6,9,11-12,14-15,17-18,24-25,29,31,42H,4-5,7-8,10,13,16,19-22H2,1-3H3,(H,40,41)/b9-6+/t24?,25?,29?,31?,35-/m0/s1. The predicted molar refractivity (Wildman–Crippen MR) is 172 cm³/mol. The Kier molecular flexibility index (Phi) is 10.2. The van der Waals surface area contributed by atoms with Crippen LogP contribution >= 0.6 is 11.6 Å². The Morgan fingerprint density at radius 3 is 2.70 bits per heavy atom. The van der Waals surface area contributed by atoms with Crippen molar-refractivity contribution in [1.29, 1.82) is 0 Å². The Morgan fingerprint density at radius 2 is 2.00 bits per heavy atom. The Labute approximate surface area is 265 Å². The minimum atomic E-state index is -2.38. The Bertz CT molecular complexity index is 1380. The van der Waals surface area contributed by atoms with Crippen LogP contribution < -0.4 is 9.64 Å². The highest BCUT2D eigenvalue weighted by Gasteiger charge is 2.43. The summed E-state index contributed by atoms with van der Waals surface area (Å²) in [5.74, 6) is -0.481. The summed E-state index contributed by atoms with van der Waals surface area (Å²) in [4.78, 5) is 29.5. The van der Waals surface area contributed by atoms with Crippen molar-refractivity contribution < 1.29 is 29.3 Å².